The van der Waals surface area contributed by atoms with Crippen molar-refractivity contribution in [2.45, 2.75) is 44.8 Å². The smallest absolute Gasteiger partial charge is 0.393 e. The van der Waals surface area contributed by atoms with E-state index in [0.29, 0.717) is 19.0 Å². The minimum Gasteiger partial charge on any atom is -0.393 e. The summed E-state index contributed by atoms with van der Waals surface area (Å²) in [5.41, 5.74) is 2.49. The molecule has 0 spiro atoms. The Morgan fingerprint density at radius 1 is 1.03 bits per heavy atom. The Morgan fingerprint density at radius 2 is 1.59 bits per heavy atom. The van der Waals surface area contributed by atoms with Crippen LogP contribution in [0, 0.1) is 0 Å². The molecule has 0 unspecified atom stereocenters. The predicted molar refractivity (Wildman–Crippen MR) is 120 cm³/mol. The van der Waals surface area contributed by atoms with Gasteiger partial charge in [0.2, 0.25) is 0 Å². The van der Waals surface area contributed by atoms with Crippen molar-refractivity contribution in [1.82, 2.24) is 15.1 Å². The van der Waals surface area contributed by atoms with E-state index < -0.39 is 11.7 Å². The lowest BCUT2D eigenvalue weighted by Gasteiger charge is -2.29. The van der Waals surface area contributed by atoms with Crippen LogP contribution in [-0.2, 0) is 25.8 Å². The van der Waals surface area contributed by atoms with Crippen LogP contribution in [0.2, 0.25) is 0 Å². The lowest BCUT2D eigenvalue weighted by atomic mass is 10.1. The number of hydrogen-bond donors (Lipinski definition) is 2. The molecule has 0 aliphatic carbocycles. The predicted octanol–water partition coefficient (Wildman–Crippen LogP) is 3.87. The molecule has 174 valence electrons. The van der Waals surface area contributed by atoms with Crippen LogP contribution in [0.3, 0.4) is 0 Å². The molecule has 8 heteroatoms. The summed E-state index contributed by atoms with van der Waals surface area (Å²) >= 11 is 0. The third kappa shape index (κ3) is 6.97. The van der Waals surface area contributed by atoms with Gasteiger partial charge in [-0.15, -0.1) is 0 Å². The maximum Gasteiger partial charge on any atom is 0.416 e. The number of aliphatic hydroxyl groups excluding tert-OH is 1. The van der Waals surface area contributed by atoms with Crippen molar-refractivity contribution < 1.29 is 18.3 Å². The Kier molecular flexibility index (Phi) is 8.15. The molecule has 5 nitrogen and oxygen atoms in total. The third-order valence-corrected chi connectivity index (χ3v) is 5.71. The van der Waals surface area contributed by atoms with Gasteiger partial charge in [0.15, 0.2) is 5.96 Å². The molecule has 0 aromatic heterocycles. The highest BCUT2D eigenvalue weighted by molar-refractivity contribution is 5.79. The number of benzene rings is 2. The van der Waals surface area contributed by atoms with E-state index in [4.69, 9.17) is 0 Å². The molecule has 1 heterocycles. The zero-order valence-corrected chi connectivity index (χ0v) is 18.6. The second kappa shape index (κ2) is 10.8. The SMILES string of the molecule is CN=C(NCc1ccc(CN2CCC(O)CC2)cc1)N(C)Cc1ccc(C(F)(F)F)cc1. The summed E-state index contributed by atoms with van der Waals surface area (Å²) in [6.45, 7) is 3.78. The summed E-state index contributed by atoms with van der Waals surface area (Å²) in [6, 6.07) is 13.6. The van der Waals surface area contributed by atoms with Crippen molar-refractivity contribution in [3.8, 4) is 0 Å². The number of piperidine rings is 1. The maximum absolute atomic E-state index is 12.7. The van der Waals surface area contributed by atoms with Crippen LogP contribution < -0.4 is 5.32 Å². The molecule has 2 aromatic rings. The molecule has 2 aromatic carbocycles. The monoisotopic (exact) mass is 448 g/mol. The van der Waals surface area contributed by atoms with Gasteiger partial charge in [0, 0.05) is 46.8 Å². The number of hydrogen-bond acceptors (Lipinski definition) is 3. The standard InChI is InChI=1S/C24H31F3N4O/c1-28-23(30(2)16-19-7-9-21(10-8-19)24(25,26)27)29-15-18-3-5-20(6-4-18)17-31-13-11-22(32)12-14-31/h3-10,22,32H,11-17H2,1-2H3,(H,28,29). The molecule has 0 atom stereocenters. The fraction of sp³-hybridized carbons (Fsp3) is 0.458. The highest BCUT2D eigenvalue weighted by atomic mass is 19.4. The Bertz CT molecular complexity index is 874. The number of alkyl halides is 3. The number of likely N-dealkylation sites (tertiary alicyclic amines) is 1. The first-order chi connectivity index (χ1) is 15.2. The van der Waals surface area contributed by atoms with Crippen molar-refractivity contribution in [2.24, 2.45) is 4.99 Å². The number of nitrogens with one attached hydrogen (secondary N) is 1. The van der Waals surface area contributed by atoms with Gasteiger partial charge in [-0.25, -0.2) is 0 Å². The van der Waals surface area contributed by atoms with Crippen molar-refractivity contribution >= 4 is 5.96 Å². The highest BCUT2D eigenvalue weighted by Gasteiger charge is 2.30. The number of aliphatic hydroxyl groups is 1. The maximum atomic E-state index is 12.7. The van der Waals surface area contributed by atoms with Gasteiger partial charge in [-0.1, -0.05) is 36.4 Å². The Morgan fingerprint density at radius 3 is 2.16 bits per heavy atom. The topological polar surface area (TPSA) is 51.1 Å². The average molecular weight is 449 g/mol. The zero-order valence-electron chi connectivity index (χ0n) is 18.6. The summed E-state index contributed by atoms with van der Waals surface area (Å²) in [5.74, 6) is 0.667. The molecular formula is C24H31F3N4O. The first-order valence-corrected chi connectivity index (χ1v) is 10.8. The number of guanidine groups is 1. The summed E-state index contributed by atoms with van der Waals surface area (Å²) < 4.78 is 38.2. The van der Waals surface area contributed by atoms with Crippen LogP contribution in [0.25, 0.3) is 0 Å². The van der Waals surface area contributed by atoms with Gasteiger partial charge in [0.1, 0.15) is 0 Å². The molecule has 1 fully saturated rings. The van der Waals surface area contributed by atoms with Crippen molar-refractivity contribution in [1.29, 1.82) is 0 Å². The van der Waals surface area contributed by atoms with Crippen LogP contribution in [-0.4, -0.2) is 54.2 Å². The molecule has 1 aliphatic heterocycles. The first-order valence-electron chi connectivity index (χ1n) is 10.8. The molecule has 0 radical (unpaired) electrons. The van der Waals surface area contributed by atoms with Gasteiger partial charge in [-0.2, -0.15) is 13.2 Å². The number of nitrogens with zero attached hydrogens (tertiary/aromatic N) is 3. The van der Waals surface area contributed by atoms with E-state index in [1.54, 1.807) is 7.05 Å². The number of rotatable bonds is 6. The van der Waals surface area contributed by atoms with E-state index in [-0.39, 0.29) is 6.10 Å². The summed E-state index contributed by atoms with van der Waals surface area (Å²) in [6.07, 6.45) is -2.82. The Labute approximate surface area is 187 Å². The van der Waals surface area contributed by atoms with Gasteiger partial charge in [-0.05, 0) is 41.7 Å². The number of aliphatic imine (C=N–C) groups is 1. The molecule has 2 N–H and O–H groups in total. The molecule has 0 saturated carbocycles. The van der Waals surface area contributed by atoms with Crippen LogP contribution in [0.5, 0.6) is 0 Å². The van der Waals surface area contributed by atoms with Gasteiger partial charge >= 0.3 is 6.18 Å². The van der Waals surface area contributed by atoms with Crippen LogP contribution >= 0.6 is 0 Å². The van der Waals surface area contributed by atoms with E-state index in [1.807, 2.05) is 11.9 Å². The van der Waals surface area contributed by atoms with E-state index in [1.165, 1.54) is 17.7 Å². The van der Waals surface area contributed by atoms with Crippen LogP contribution in [0.1, 0.15) is 35.1 Å². The van der Waals surface area contributed by atoms with E-state index >= 15 is 0 Å². The van der Waals surface area contributed by atoms with Crippen LogP contribution in [0.15, 0.2) is 53.5 Å². The third-order valence-electron chi connectivity index (χ3n) is 5.71. The summed E-state index contributed by atoms with van der Waals surface area (Å²) in [5, 5.41) is 12.9. The minimum atomic E-state index is -4.33. The van der Waals surface area contributed by atoms with Gasteiger partial charge in [0.25, 0.3) is 0 Å². The van der Waals surface area contributed by atoms with Gasteiger partial charge in [0.05, 0.1) is 11.7 Å². The molecular weight excluding hydrogens is 417 g/mol. The second-order valence-corrected chi connectivity index (χ2v) is 8.28. The van der Waals surface area contributed by atoms with Crippen LogP contribution in [0.4, 0.5) is 13.2 Å². The lowest BCUT2D eigenvalue weighted by Crippen LogP contribution is -2.38. The largest absolute Gasteiger partial charge is 0.416 e. The fourth-order valence-electron chi connectivity index (χ4n) is 3.81. The van der Waals surface area contributed by atoms with Crippen molar-refractivity contribution in [3.63, 3.8) is 0 Å². The average Bonchev–Trinajstić information content (AvgIpc) is 2.76. The van der Waals surface area contributed by atoms with Gasteiger partial charge in [-0.3, -0.25) is 9.89 Å². The summed E-state index contributed by atoms with van der Waals surface area (Å²) in [7, 11) is 3.54. The fourth-order valence-corrected chi connectivity index (χ4v) is 3.81. The molecule has 1 saturated heterocycles. The van der Waals surface area contributed by atoms with E-state index in [9.17, 15) is 18.3 Å². The molecule has 1 aliphatic rings. The zero-order chi connectivity index (χ0) is 23.1. The lowest BCUT2D eigenvalue weighted by molar-refractivity contribution is -0.137. The molecule has 0 bridgehead atoms. The molecule has 0 amide bonds. The van der Waals surface area contributed by atoms with Crippen molar-refractivity contribution in [2.75, 3.05) is 27.2 Å². The van der Waals surface area contributed by atoms with E-state index in [2.05, 4.69) is 39.5 Å². The Balaban J connectivity index is 1.49. The minimum absolute atomic E-state index is 0.161. The van der Waals surface area contributed by atoms with Gasteiger partial charge < -0.3 is 15.3 Å². The normalized spacial score (nSPS) is 16.2. The summed E-state index contributed by atoms with van der Waals surface area (Å²) in [4.78, 5) is 8.52. The first kappa shape index (κ1) is 24.1. The second-order valence-electron chi connectivity index (χ2n) is 8.28. The Hall–Kier alpha value is -2.58. The van der Waals surface area contributed by atoms with E-state index in [0.717, 1.165) is 55.7 Å². The highest BCUT2D eigenvalue weighted by Crippen LogP contribution is 2.29. The quantitative estimate of drug-likeness (QED) is 0.520. The molecule has 3 rings (SSSR count). The molecule has 32 heavy (non-hydrogen) atoms. The van der Waals surface area contributed by atoms with Crippen molar-refractivity contribution in [3.05, 3.63) is 70.8 Å². The number of halogens is 3.